The lowest BCUT2D eigenvalue weighted by atomic mass is 10.0. The summed E-state index contributed by atoms with van der Waals surface area (Å²) in [6, 6.07) is 6.11. The highest BCUT2D eigenvalue weighted by Crippen LogP contribution is 2.24. The molecule has 4 heteroatoms. The van der Waals surface area contributed by atoms with Crippen LogP contribution in [-0.2, 0) is 9.53 Å². The molecule has 0 fully saturated rings. The van der Waals surface area contributed by atoms with Crippen molar-refractivity contribution in [2.24, 2.45) is 0 Å². The molecule has 4 nitrogen and oxygen atoms in total. The number of rotatable bonds is 7. The molecule has 106 valence electrons. The first kappa shape index (κ1) is 15.5. The molecule has 0 atom stereocenters. The second kappa shape index (κ2) is 7.79. The van der Waals surface area contributed by atoms with Crippen molar-refractivity contribution in [3.63, 3.8) is 0 Å². The predicted octanol–water partition coefficient (Wildman–Crippen LogP) is 2.26. The summed E-state index contributed by atoms with van der Waals surface area (Å²) < 4.78 is 10.4. The van der Waals surface area contributed by atoms with E-state index < -0.39 is 0 Å². The Morgan fingerprint density at radius 1 is 1.37 bits per heavy atom. The minimum Gasteiger partial charge on any atom is -0.483 e. The zero-order valence-electron chi connectivity index (χ0n) is 12.2. The molecule has 1 aromatic carbocycles. The van der Waals surface area contributed by atoms with E-state index in [1.807, 2.05) is 19.1 Å². The van der Waals surface area contributed by atoms with E-state index in [0.717, 1.165) is 11.3 Å². The van der Waals surface area contributed by atoms with E-state index in [1.54, 1.807) is 7.11 Å². The Balaban J connectivity index is 2.52. The number of carbonyl (C=O) groups excluding carboxylic acids is 1. The zero-order chi connectivity index (χ0) is 14.3. The van der Waals surface area contributed by atoms with Crippen LogP contribution in [0, 0.1) is 6.92 Å². The number of hydrogen-bond donors (Lipinski definition) is 1. The number of methoxy groups -OCH3 is 1. The van der Waals surface area contributed by atoms with E-state index in [2.05, 4.69) is 25.2 Å². The van der Waals surface area contributed by atoms with Crippen LogP contribution in [0.4, 0.5) is 0 Å². The van der Waals surface area contributed by atoms with Gasteiger partial charge in [0.05, 0.1) is 6.61 Å². The molecular weight excluding hydrogens is 242 g/mol. The Morgan fingerprint density at radius 3 is 2.74 bits per heavy atom. The fraction of sp³-hybridized carbons (Fsp3) is 0.533. The maximum atomic E-state index is 11.5. The molecule has 0 saturated heterocycles. The largest absolute Gasteiger partial charge is 0.483 e. The molecule has 0 unspecified atom stereocenters. The van der Waals surface area contributed by atoms with Crippen LogP contribution in [-0.4, -0.2) is 32.8 Å². The van der Waals surface area contributed by atoms with Crippen molar-refractivity contribution in [3.8, 4) is 5.75 Å². The standard InChI is InChI=1S/C15H23NO3/c1-11(2)13-6-5-12(3)14(9-13)19-10-15(17)16-7-8-18-4/h5-6,9,11H,7-8,10H2,1-4H3,(H,16,17). The average molecular weight is 265 g/mol. The summed E-state index contributed by atoms with van der Waals surface area (Å²) in [5.41, 5.74) is 2.24. The normalized spacial score (nSPS) is 10.6. The fourth-order valence-electron chi connectivity index (χ4n) is 1.62. The molecule has 1 amide bonds. The quantitative estimate of drug-likeness (QED) is 0.769. The molecule has 0 radical (unpaired) electrons. The number of aryl methyl sites for hydroxylation is 1. The van der Waals surface area contributed by atoms with Crippen molar-refractivity contribution < 1.29 is 14.3 Å². The van der Waals surface area contributed by atoms with E-state index in [1.165, 1.54) is 5.56 Å². The topological polar surface area (TPSA) is 47.6 Å². The number of benzene rings is 1. The highest BCUT2D eigenvalue weighted by molar-refractivity contribution is 5.77. The Bertz CT molecular complexity index is 416. The van der Waals surface area contributed by atoms with Gasteiger partial charge >= 0.3 is 0 Å². The molecule has 0 aliphatic rings. The summed E-state index contributed by atoms with van der Waals surface area (Å²) in [4.78, 5) is 11.5. The van der Waals surface area contributed by atoms with Crippen molar-refractivity contribution in [2.75, 3.05) is 26.9 Å². The van der Waals surface area contributed by atoms with E-state index >= 15 is 0 Å². The second-order valence-electron chi connectivity index (χ2n) is 4.81. The van der Waals surface area contributed by atoms with Gasteiger partial charge in [0, 0.05) is 13.7 Å². The van der Waals surface area contributed by atoms with Crippen molar-refractivity contribution in [1.82, 2.24) is 5.32 Å². The van der Waals surface area contributed by atoms with Gasteiger partial charge in [-0.15, -0.1) is 0 Å². The summed E-state index contributed by atoms with van der Waals surface area (Å²) in [6.45, 7) is 7.28. The first-order valence-corrected chi connectivity index (χ1v) is 6.53. The van der Waals surface area contributed by atoms with Gasteiger partial charge in [0.25, 0.3) is 5.91 Å². The van der Waals surface area contributed by atoms with Gasteiger partial charge < -0.3 is 14.8 Å². The maximum absolute atomic E-state index is 11.5. The van der Waals surface area contributed by atoms with Crippen LogP contribution >= 0.6 is 0 Å². The van der Waals surface area contributed by atoms with E-state index in [0.29, 0.717) is 19.1 Å². The minimum atomic E-state index is -0.133. The van der Waals surface area contributed by atoms with Gasteiger partial charge in [0.2, 0.25) is 0 Å². The maximum Gasteiger partial charge on any atom is 0.258 e. The monoisotopic (exact) mass is 265 g/mol. The molecule has 1 rings (SSSR count). The minimum absolute atomic E-state index is 0.0338. The molecule has 1 aromatic rings. The van der Waals surface area contributed by atoms with Gasteiger partial charge in [-0.2, -0.15) is 0 Å². The number of amides is 1. The van der Waals surface area contributed by atoms with Crippen molar-refractivity contribution in [2.45, 2.75) is 26.7 Å². The molecule has 0 aromatic heterocycles. The third-order valence-corrected chi connectivity index (χ3v) is 2.87. The molecule has 0 aliphatic carbocycles. The zero-order valence-corrected chi connectivity index (χ0v) is 12.2. The summed E-state index contributed by atoms with van der Waals surface area (Å²) >= 11 is 0. The number of carbonyl (C=O) groups is 1. The first-order valence-electron chi connectivity index (χ1n) is 6.53. The van der Waals surface area contributed by atoms with Gasteiger partial charge in [-0.1, -0.05) is 26.0 Å². The Morgan fingerprint density at radius 2 is 2.11 bits per heavy atom. The highest BCUT2D eigenvalue weighted by Gasteiger charge is 2.07. The van der Waals surface area contributed by atoms with Gasteiger partial charge in [-0.3, -0.25) is 4.79 Å². The van der Waals surface area contributed by atoms with Gasteiger partial charge in [-0.25, -0.2) is 0 Å². The molecule has 0 aliphatic heterocycles. The lowest BCUT2D eigenvalue weighted by Crippen LogP contribution is -2.31. The summed E-state index contributed by atoms with van der Waals surface area (Å²) in [5.74, 6) is 1.08. The van der Waals surface area contributed by atoms with Crippen molar-refractivity contribution in [1.29, 1.82) is 0 Å². The summed E-state index contributed by atoms with van der Waals surface area (Å²) in [7, 11) is 1.60. The van der Waals surface area contributed by atoms with Gasteiger partial charge in [0.15, 0.2) is 6.61 Å². The molecule has 0 bridgehead atoms. The molecular formula is C15H23NO3. The number of hydrogen-bond acceptors (Lipinski definition) is 3. The van der Waals surface area contributed by atoms with Crippen LogP contribution < -0.4 is 10.1 Å². The smallest absolute Gasteiger partial charge is 0.258 e. The summed E-state index contributed by atoms with van der Waals surface area (Å²) in [6.07, 6.45) is 0. The van der Waals surface area contributed by atoms with Crippen LogP contribution in [0.2, 0.25) is 0 Å². The van der Waals surface area contributed by atoms with Crippen LogP contribution in [0.25, 0.3) is 0 Å². The van der Waals surface area contributed by atoms with Crippen molar-refractivity contribution >= 4 is 5.91 Å². The van der Waals surface area contributed by atoms with Gasteiger partial charge in [0.1, 0.15) is 5.75 Å². The predicted molar refractivity (Wildman–Crippen MR) is 75.6 cm³/mol. The first-order chi connectivity index (χ1) is 9.04. The summed E-state index contributed by atoms with van der Waals surface area (Å²) in [5, 5.41) is 2.72. The van der Waals surface area contributed by atoms with Gasteiger partial charge in [-0.05, 0) is 30.0 Å². The molecule has 0 heterocycles. The highest BCUT2D eigenvalue weighted by atomic mass is 16.5. The fourth-order valence-corrected chi connectivity index (χ4v) is 1.62. The number of ether oxygens (including phenoxy) is 2. The van der Waals surface area contributed by atoms with Crippen LogP contribution in [0.1, 0.15) is 30.9 Å². The molecule has 1 N–H and O–H groups in total. The molecule has 0 saturated carbocycles. The van der Waals surface area contributed by atoms with Crippen LogP contribution in [0.3, 0.4) is 0 Å². The molecule has 19 heavy (non-hydrogen) atoms. The molecule has 0 spiro atoms. The Hall–Kier alpha value is -1.55. The average Bonchev–Trinajstić information content (AvgIpc) is 2.37. The van der Waals surface area contributed by atoms with Crippen molar-refractivity contribution in [3.05, 3.63) is 29.3 Å². The van der Waals surface area contributed by atoms with E-state index in [-0.39, 0.29) is 12.5 Å². The third-order valence-electron chi connectivity index (χ3n) is 2.87. The lowest BCUT2D eigenvalue weighted by Gasteiger charge is -2.12. The van der Waals surface area contributed by atoms with E-state index in [4.69, 9.17) is 9.47 Å². The Kier molecular flexibility index (Phi) is 6.36. The SMILES string of the molecule is COCCNC(=O)COc1cc(C(C)C)ccc1C. The lowest BCUT2D eigenvalue weighted by molar-refractivity contribution is -0.123. The van der Waals surface area contributed by atoms with Crippen LogP contribution in [0.15, 0.2) is 18.2 Å². The Labute approximate surface area is 115 Å². The number of nitrogens with one attached hydrogen (secondary N) is 1. The van der Waals surface area contributed by atoms with Crippen LogP contribution in [0.5, 0.6) is 5.75 Å². The third kappa shape index (κ3) is 5.30. The second-order valence-corrected chi connectivity index (χ2v) is 4.81. The van der Waals surface area contributed by atoms with E-state index in [9.17, 15) is 4.79 Å².